The van der Waals surface area contributed by atoms with Crippen molar-refractivity contribution in [3.8, 4) is 0 Å². The SMILES string of the molecule is O=C(Nc1cc(N2CCOCC2)nc(NC(=O)c2ccccc2)n1)c1ccccc1. The van der Waals surface area contributed by atoms with E-state index in [0.717, 1.165) is 0 Å². The largest absolute Gasteiger partial charge is 0.378 e. The van der Waals surface area contributed by atoms with Gasteiger partial charge in [0.25, 0.3) is 11.8 Å². The van der Waals surface area contributed by atoms with Gasteiger partial charge >= 0.3 is 0 Å². The normalized spacial score (nSPS) is 13.5. The van der Waals surface area contributed by atoms with E-state index in [-0.39, 0.29) is 17.8 Å². The van der Waals surface area contributed by atoms with E-state index in [9.17, 15) is 9.59 Å². The molecule has 2 heterocycles. The van der Waals surface area contributed by atoms with Crippen molar-refractivity contribution >= 4 is 29.4 Å². The Bertz CT molecular complexity index is 950. The van der Waals surface area contributed by atoms with Crippen LogP contribution in [0.1, 0.15) is 20.7 Å². The van der Waals surface area contributed by atoms with Crippen molar-refractivity contribution in [2.45, 2.75) is 0 Å². The van der Waals surface area contributed by atoms with Gasteiger partial charge in [-0.25, -0.2) is 0 Å². The van der Waals surface area contributed by atoms with Gasteiger partial charge in [0.2, 0.25) is 5.95 Å². The van der Waals surface area contributed by atoms with E-state index in [4.69, 9.17) is 4.74 Å². The Kier molecular flexibility index (Phi) is 5.95. The Morgan fingerprint density at radius 1 is 0.800 bits per heavy atom. The summed E-state index contributed by atoms with van der Waals surface area (Å²) in [5.41, 5.74) is 1.01. The molecule has 1 aromatic heterocycles. The highest BCUT2D eigenvalue weighted by atomic mass is 16.5. The summed E-state index contributed by atoms with van der Waals surface area (Å²) in [5, 5.41) is 5.51. The molecule has 2 amide bonds. The number of hydrogen-bond donors (Lipinski definition) is 2. The van der Waals surface area contributed by atoms with Crippen LogP contribution in [0, 0.1) is 0 Å². The smallest absolute Gasteiger partial charge is 0.258 e. The number of nitrogens with zero attached hydrogens (tertiary/aromatic N) is 3. The maximum atomic E-state index is 12.6. The summed E-state index contributed by atoms with van der Waals surface area (Å²) >= 11 is 0. The summed E-state index contributed by atoms with van der Waals surface area (Å²) < 4.78 is 5.40. The number of ether oxygens (including phenoxy) is 1. The number of nitrogens with one attached hydrogen (secondary N) is 2. The number of morpholine rings is 1. The van der Waals surface area contributed by atoms with Crippen LogP contribution in [-0.2, 0) is 4.74 Å². The minimum absolute atomic E-state index is 0.121. The number of benzene rings is 2. The molecule has 0 bridgehead atoms. The van der Waals surface area contributed by atoms with E-state index in [1.165, 1.54) is 0 Å². The van der Waals surface area contributed by atoms with Gasteiger partial charge in [0.1, 0.15) is 11.6 Å². The van der Waals surface area contributed by atoms with Gasteiger partial charge in [0, 0.05) is 30.3 Å². The van der Waals surface area contributed by atoms with Crippen LogP contribution in [-0.4, -0.2) is 48.1 Å². The number of hydrogen-bond acceptors (Lipinski definition) is 6. The molecule has 1 aliphatic heterocycles. The maximum absolute atomic E-state index is 12.6. The van der Waals surface area contributed by atoms with Gasteiger partial charge < -0.3 is 15.0 Å². The van der Waals surface area contributed by atoms with Crippen molar-refractivity contribution < 1.29 is 14.3 Å². The van der Waals surface area contributed by atoms with Gasteiger partial charge in [0.15, 0.2) is 0 Å². The summed E-state index contributed by atoms with van der Waals surface area (Å²) in [6.07, 6.45) is 0. The third kappa shape index (κ3) is 4.79. The number of carbonyl (C=O) groups excluding carboxylic acids is 2. The fraction of sp³-hybridized carbons (Fsp3) is 0.182. The van der Waals surface area contributed by atoms with Gasteiger partial charge in [-0.3, -0.25) is 14.9 Å². The Balaban J connectivity index is 1.60. The van der Waals surface area contributed by atoms with Crippen LogP contribution in [0.4, 0.5) is 17.6 Å². The number of aromatic nitrogens is 2. The average Bonchev–Trinajstić information content (AvgIpc) is 2.80. The molecule has 1 aliphatic rings. The molecule has 1 fully saturated rings. The summed E-state index contributed by atoms with van der Waals surface area (Å²) in [6, 6.07) is 19.4. The van der Waals surface area contributed by atoms with Crippen molar-refractivity contribution in [1.82, 2.24) is 9.97 Å². The molecule has 0 saturated carbocycles. The topological polar surface area (TPSA) is 96.5 Å². The molecule has 0 unspecified atom stereocenters. The second-order valence-electron chi connectivity index (χ2n) is 6.67. The zero-order chi connectivity index (χ0) is 20.8. The summed E-state index contributed by atoms with van der Waals surface area (Å²) in [5.74, 6) is 0.428. The third-order valence-corrected chi connectivity index (χ3v) is 4.59. The first-order chi connectivity index (χ1) is 14.7. The van der Waals surface area contributed by atoms with E-state index < -0.39 is 0 Å². The van der Waals surface area contributed by atoms with Gasteiger partial charge in [-0.2, -0.15) is 9.97 Å². The monoisotopic (exact) mass is 403 g/mol. The molecule has 0 spiro atoms. The molecule has 30 heavy (non-hydrogen) atoms. The third-order valence-electron chi connectivity index (χ3n) is 4.59. The molecule has 0 atom stereocenters. The van der Waals surface area contributed by atoms with Crippen molar-refractivity contribution in [2.24, 2.45) is 0 Å². The molecular weight excluding hydrogens is 382 g/mol. The number of amides is 2. The van der Waals surface area contributed by atoms with E-state index in [1.807, 2.05) is 17.0 Å². The van der Waals surface area contributed by atoms with Gasteiger partial charge in [-0.15, -0.1) is 0 Å². The molecule has 152 valence electrons. The minimum atomic E-state index is -0.324. The minimum Gasteiger partial charge on any atom is -0.378 e. The predicted octanol–water partition coefficient (Wildman–Crippen LogP) is 2.82. The summed E-state index contributed by atoms with van der Waals surface area (Å²) in [4.78, 5) is 35.9. The van der Waals surface area contributed by atoms with Crippen LogP contribution in [0.25, 0.3) is 0 Å². The van der Waals surface area contributed by atoms with E-state index in [1.54, 1.807) is 54.6 Å². The van der Waals surface area contributed by atoms with Crippen LogP contribution >= 0.6 is 0 Å². The number of anilines is 3. The fourth-order valence-corrected chi connectivity index (χ4v) is 3.05. The van der Waals surface area contributed by atoms with Crippen molar-refractivity contribution in [2.75, 3.05) is 41.8 Å². The van der Waals surface area contributed by atoms with Crippen molar-refractivity contribution in [3.05, 3.63) is 77.9 Å². The Hall–Kier alpha value is -3.78. The predicted molar refractivity (Wildman–Crippen MR) is 114 cm³/mol. The lowest BCUT2D eigenvalue weighted by Gasteiger charge is -2.28. The van der Waals surface area contributed by atoms with E-state index >= 15 is 0 Å². The van der Waals surface area contributed by atoms with Gasteiger partial charge in [0.05, 0.1) is 13.2 Å². The molecule has 4 rings (SSSR count). The standard InChI is InChI=1S/C22H21N5O3/c28-20(16-7-3-1-4-8-16)23-18-15-19(27-11-13-30-14-12-27)25-22(24-18)26-21(29)17-9-5-2-6-10-17/h1-10,15H,11-14H2,(H2,23,24,25,26,28,29). The Morgan fingerprint density at radius 2 is 1.37 bits per heavy atom. The Labute approximate surface area is 173 Å². The second kappa shape index (κ2) is 9.15. The highest BCUT2D eigenvalue weighted by Gasteiger charge is 2.17. The van der Waals surface area contributed by atoms with Gasteiger partial charge in [-0.05, 0) is 24.3 Å². The van der Waals surface area contributed by atoms with Crippen molar-refractivity contribution in [3.63, 3.8) is 0 Å². The lowest BCUT2D eigenvalue weighted by molar-refractivity contribution is 0.101. The first-order valence-corrected chi connectivity index (χ1v) is 9.63. The second-order valence-corrected chi connectivity index (χ2v) is 6.67. The van der Waals surface area contributed by atoms with Crippen LogP contribution < -0.4 is 15.5 Å². The lowest BCUT2D eigenvalue weighted by Crippen LogP contribution is -2.37. The van der Waals surface area contributed by atoms with E-state index in [0.29, 0.717) is 49.1 Å². The van der Waals surface area contributed by atoms with Crippen LogP contribution in [0.15, 0.2) is 66.7 Å². The highest BCUT2D eigenvalue weighted by molar-refractivity contribution is 6.05. The molecule has 0 aliphatic carbocycles. The quantitative estimate of drug-likeness (QED) is 0.680. The van der Waals surface area contributed by atoms with Crippen LogP contribution in [0.3, 0.4) is 0 Å². The first kappa shape index (κ1) is 19.5. The van der Waals surface area contributed by atoms with Crippen LogP contribution in [0.2, 0.25) is 0 Å². The van der Waals surface area contributed by atoms with E-state index in [2.05, 4.69) is 20.6 Å². The molecule has 3 aromatic rings. The van der Waals surface area contributed by atoms with Gasteiger partial charge in [-0.1, -0.05) is 36.4 Å². The summed E-state index contributed by atoms with van der Waals surface area (Å²) in [6.45, 7) is 2.49. The number of rotatable bonds is 5. The maximum Gasteiger partial charge on any atom is 0.258 e. The molecule has 2 aromatic carbocycles. The zero-order valence-corrected chi connectivity index (χ0v) is 16.2. The molecule has 1 saturated heterocycles. The Morgan fingerprint density at radius 3 is 1.97 bits per heavy atom. The highest BCUT2D eigenvalue weighted by Crippen LogP contribution is 2.20. The molecule has 8 heteroatoms. The zero-order valence-electron chi connectivity index (χ0n) is 16.2. The number of carbonyl (C=O) groups is 2. The molecule has 0 radical (unpaired) electrons. The summed E-state index contributed by atoms with van der Waals surface area (Å²) in [7, 11) is 0. The lowest BCUT2D eigenvalue weighted by atomic mass is 10.2. The molecule has 8 nitrogen and oxygen atoms in total. The average molecular weight is 403 g/mol. The van der Waals surface area contributed by atoms with Crippen LogP contribution in [0.5, 0.6) is 0 Å². The fourth-order valence-electron chi connectivity index (χ4n) is 3.05. The molecule has 2 N–H and O–H groups in total. The van der Waals surface area contributed by atoms with Crippen molar-refractivity contribution in [1.29, 1.82) is 0 Å². The first-order valence-electron chi connectivity index (χ1n) is 9.63. The molecular formula is C22H21N5O3.